The fraction of sp³-hybridized carbons (Fsp3) is 0.300. The predicted octanol–water partition coefficient (Wildman–Crippen LogP) is 4.94. The molecule has 0 spiro atoms. The minimum atomic E-state index is -0.246. The SMILES string of the molecule is O=C1C(=Cc2ccc(-c3ccc(F)cc3)s2)NC(=S)N1C1CCCCC1. The van der Waals surface area contributed by atoms with Crippen LogP contribution in [0.2, 0.25) is 0 Å². The van der Waals surface area contributed by atoms with Crippen molar-refractivity contribution in [3.63, 3.8) is 0 Å². The van der Waals surface area contributed by atoms with Gasteiger partial charge in [-0.25, -0.2) is 4.39 Å². The minimum Gasteiger partial charge on any atom is -0.328 e. The Morgan fingerprint density at radius 3 is 2.58 bits per heavy atom. The van der Waals surface area contributed by atoms with Gasteiger partial charge in [0.05, 0.1) is 0 Å². The highest BCUT2D eigenvalue weighted by molar-refractivity contribution is 7.80. The van der Waals surface area contributed by atoms with E-state index in [0.29, 0.717) is 10.8 Å². The maximum Gasteiger partial charge on any atom is 0.276 e. The van der Waals surface area contributed by atoms with Crippen LogP contribution in [0.25, 0.3) is 16.5 Å². The molecule has 6 heteroatoms. The standard InChI is InChI=1S/C20H19FN2OS2/c21-14-8-6-13(7-9-14)18-11-10-16(26-18)12-17-19(24)23(20(25)22-17)15-4-2-1-3-5-15/h6-12,15H,1-5H2,(H,22,25). The number of thiocarbonyl (C=S) groups is 1. The van der Waals surface area contributed by atoms with E-state index in [1.807, 2.05) is 18.2 Å². The highest BCUT2D eigenvalue weighted by Gasteiger charge is 2.36. The Labute approximate surface area is 161 Å². The van der Waals surface area contributed by atoms with Crippen LogP contribution >= 0.6 is 23.6 Å². The van der Waals surface area contributed by atoms with Crippen molar-refractivity contribution in [1.82, 2.24) is 10.2 Å². The quantitative estimate of drug-likeness (QED) is 0.599. The summed E-state index contributed by atoms with van der Waals surface area (Å²) in [5, 5.41) is 3.60. The van der Waals surface area contributed by atoms with E-state index >= 15 is 0 Å². The lowest BCUT2D eigenvalue weighted by Crippen LogP contribution is -2.41. The number of nitrogens with zero attached hydrogens (tertiary/aromatic N) is 1. The number of hydrogen-bond donors (Lipinski definition) is 1. The smallest absolute Gasteiger partial charge is 0.276 e. The van der Waals surface area contributed by atoms with Gasteiger partial charge in [0.15, 0.2) is 5.11 Å². The number of rotatable bonds is 3. The van der Waals surface area contributed by atoms with Crippen LogP contribution in [0.5, 0.6) is 0 Å². The van der Waals surface area contributed by atoms with Gasteiger partial charge in [0.25, 0.3) is 5.91 Å². The van der Waals surface area contributed by atoms with Crippen LogP contribution in [0.15, 0.2) is 42.1 Å². The van der Waals surface area contributed by atoms with Crippen molar-refractivity contribution < 1.29 is 9.18 Å². The molecule has 1 aromatic carbocycles. The second-order valence-electron chi connectivity index (χ2n) is 6.66. The first kappa shape index (κ1) is 17.4. The van der Waals surface area contributed by atoms with Gasteiger partial charge in [-0.05, 0) is 61.0 Å². The first-order valence-electron chi connectivity index (χ1n) is 8.84. The highest BCUT2D eigenvalue weighted by Crippen LogP contribution is 2.31. The van der Waals surface area contributed by atoms with E-state index in [1.54, 1.807) is 28.4 Å². The molecule has 0 unspecified atom stereocenters. The summed E-state index contributed by atoms with van der Waals surface area (Å²) in [5.41, 5.74) is 1.50. The summed E-state index contributed by atoms with van der Waals surface area (Å²) in [6.45, 7) is 0. The molecular weight excluding hydrogens is 367 g/mol. The van der Waals surface area contributed by atoms with Crippen LogP contribution in [0.3, 0.4) is 0 Å². The van der Waals surface area contributed by atoms with Gasteiger partial charge in [-0.3, -0.25) is 9.69 Å². The molecule has 1 aliphatic carbocycles. The average Bonchev–Trinajstić information content (AvgIpc) is 3.21. The molecule has 0 atom stereocenters. The average molecular weight is 387 g/mol. The van der Waals surface area contributed by atoms with Crippen LogP contribution < -0.4 is 5.32 Å². The Hall–Kier alpha value is -2.05. The Morgan fingerprint density at radius 2 is 1.85 bits per heavy atom. The molecule has 4 rings (SSSR count). The zero-order chi connectivity index (χ0) is 18.1. The third-order valence-electron chi connectivity index (χ3n) is 4.89. The molecule has 2 heterocycles. The summed E-state index contributed by atoms with van der Waals surface area (Å²) in [5.74, 6) is -0.275. The van der Waals surface area contributed by atoms with E-state index in [1.165, 1.54) is 18.6 Å². The topological polar surface area (TPSA) is 32.3 Å². The number of benzene rings is 1. The lowest BCUT2D eigenvalue weighted by molar-refractivity contribution is -0.124. The van der Waals surface area contributed by atoms with Crippen molar-refractivity contribution >= 4 is 40.7 Å². The van der Waals surface area contributed by atoms with Crippen molar-refractivity contribution in [3.8, 4) is 10.4 Å². The fourth-order valence-electron chi connectivity index (χ4n) is 3.56. The molecule has 1 aliphatic heterocycles. The monoisotopic (exact) mass is 386 g/mol. The van der Waals surface area contributed by atoms with Crippen LogP contribution in [0.4, 0.5) is 4.39 Å². The molecular formula is C20H19FN2OS2. The molecule has 0 radical (unpaired) electrons. The highest BCUT2D eigenvalue weighted by atomic mass is 32.1. The van der Waals surface area contributed by atoms with Gasteiger partial charge in [-0.2, -0.15) is 0 Å². The molecule has 1 amide bonds. The van der Waals surface area contributed by atoms with Crippen LogP contribution in [0, 0.1) is 5.82 Å². The summed E-state index contributed by atoms with van der Waals surface area (Å²) >= 11 is 6.97. The van der Waals surface area contributed by atoms with Crippen molar-refractivity contribution in [3.05, 3.63) is 52.8 Å². The molecule has 134 valence electrons. The second kappa shape index (κ2) is 7.29. The molecule has 0 bridgehead atoms. The van der Waals surface area contributed by atoms with Crippen molar-refractivity contribution in [2.45, 2.75) is 38.1 Å². The van der Waals surface area contributed by atoms with Crippen molar-refractivity contribution in [1.29, 1.82) is 0 Å². The third kappa shape index (κ3) is 3.44. The normalized spacial score (nSPS) is 20.0. The van der Waals surface area contributed by atoms with Crippen LogP contribution in [-0.2, 0) is 4.79 Å². The van der Waals surface area contributed by atoms with E-state index < -0.39 is 0 Å². The number of carbonyl (C=O) groups is 1. The summed E-state index contributed by atoms with van der Waals surface area (Å²) in [4.78, 5) is 16.6. The van der Waals surface area contributed by atoms with Crippen LogP contribution in [-0.4, -0.2) is 22.0 Å². The molecule has 2 fully saturated rings. The molecule has 26 heavy (non-hydrogen) atoms. The Bertz CT molecular complexity index is 866. The largest absolute Gasteiger partial charge is 0.328 e. The van der Waals surface area contributed by atoms with Crippen molar-refractivity contribution in [2.24, 2.45) is 0 Å². The van der Waals surface area contributed by atoms with Gasteiger partial charge in [-0.1, -0.05) is 31.4 Å². The van der Waals surface area contributed by atoms with Gasteiger partial charge in [0.2, 0.25) is 0 Å². The molecule has 1 saturated heterocycles. The maximum absolute atomic E-state index is 13.1. The number of amides is 1. The number of carbonyl (C=O) groups excluding carboxylic acids is 1. The van der Waals surface area contributed by atoms with Gasteiger partial charge >= 0.3 is 0 Å². The third-order valence-corrected chi connectivity index (χ3v) is 6.27. The van der Waals surface area contributed by atoms with E-state index in [2.05, 4.69) is 5.32 Å². The molecule has 2 aliphatic rings. The first-order chi connectivity index (χ1) is 12.6. The van der Waals surface area contributed by atoms with Crippen molar-refractivity contribution in [2.75, 3.05) is 0 Å². The minimum absolute atomic E-state index is 0.0290. The Kier molecular flexibility index (Phi) is 4.87. The zero-order valence-electron chi connectivity index (χ0n) is 14.2. The van der Waals surface area contributed by atoms with Gasteiger partial charge in [0.1, 0.15) is 11.5 Å². The van der Waals surface area contributed by atoms with Gasteiger partial charge in [0, 0.05) is 15.8 Å². The lowest BCUT2D eigenvalue weighted by Gasteiger charge is -2.29. The van der Waals surface area contributed by atoms with E-state index in [0.717, 1.165) is 41.0 Å². The van der Waals surface area contributed by atoms with Gasteiger partial charge in [-0.15, -0.1) is 11.3 Å². The summed E-state index contributed by atoms with van der Waals surface area (Å²) in [6.07, 6.45) is 7.45. The maximum atomic E-state index is 13.1. The number of halogens is 1. The Morgan fingerprint density at radius 1 is 1.12 bits per heavy atom. The first-order valence-corrected chi connectivity index (χ1v) is 10.1. The molecule has 1 saturated carbocycles. The number of nitrogens with one attached hydrogen (secondary N) is 1. The van der Waals surface area contributed by atoms with Crippen LogP contribution in [0.1, 0.15) is 37.0 Å². The summed E-state index contributed by atoms with van der Waals surface area (Å²) < 4.78 is 13.1. The molecule has 1 N–H and O–H groups in total. The Balaban J connectivity index is 1.54. The summed E-state index contributed by atoms with van der Waals surface area (Å²) in [7, 11) is 0. The van der Waals surface area contributed by atoms with E-state index in [9.17, 15) is 9.18 Å². The van der Waals surface area contributed by atoms with Gasteiger partial charge < -0.3 is 5.32 Å². The number of hydrogen-bond acceptors (Lipinski definition) is 3. The van der Waals surface area contributed by atoms with E-state index in [-0.39, 0.29) is 17.8 Å². The number of thiophene rings is 1. The molecule has 3 nitrogen and oxygen atoms in total. The van der Waals surface area contributed by atoms with E-state index in [4.69, 9.17) is 12.2 Å². The fourth-order valence-corrected chi connectivity index (χ4v) is 4.86. The molecule has 2 aromatic rings. The summed E-state index contributed by atoms with van der Waals surface area (Å²) in [6, 6.07) is 10.6. The lowest BCUT2D eigenvalue weighted by atomic mass is 9.94. The zero-order valence-corrected chi connectivity index (χ0v) is 15.8. The second-order valence-corrected chi connectivity index (χ2v) is 8.17. The predicted molar refractivity (Wildman–Crippen MR) is 107 cm³/mol. The molecule has 1 aromatic heterocycles.